The largest absolute Gasteiger partial charge is 0.484 e. The normalized spacial score (nSPS) is 12.2. The van der Waals surface area contributed by atoms with Crippen LogP contribution in [0.25, 0.3) is 5.65 Å². The van der Waals surface area contributed by atoms with E-state index < -0.39 is 5.91 Å². The van der Waals surface area contributed by atoms with Crippen LogP contribution in [0.5, 0.6) is 5.75 Å². The highest BCUT2D eigenvalue weighted by Gasteiger charge is 2.20. The van der Waals surface area contributed by atoms with Gasteiger partial charge in [0.2, 0.25) is 0 Å². The minimum absolute atomic E-state index is 0.315. The van der Waals surface area contributed by atoms with Crippen LogP contribution in [-0.2, 0) is 6.42 Å². The van der Waals surface area contributed by atoms with Crippen LogP contribution in [-0.4, -0.2) is 15.3 Å². The second-order valence-electron chi connectivity index (χ2n) is 6.41. The van der Waals surface area contributed by atoms with Crippen LogP contribution in [0, 0.1) is 0 Å². The van der Waals surface area contributed by atoms with Gasteiger partial charge in [0.25, 0.3) is 5.91 Å². The molecule has 4 rings (SSSR count). The fourth-order valence-electron chi connectivity index (χ4n) is 3.12. The number of nitrogens with zero attached hydrogens (tertiary/aromatic N) is 2. The number of hydrogen-bond donors (Lipinski definition) is 1. The first-order valence-corrected chi connectivity index (χ1v) is 9.97. The van der Waals surface area contributed by atoms with Crippen molar-refractivity contribution in [1.29, 1.82) is 0 Å². The number of primary amides is 1. The van der Waals surface area contributed by atoms with Gasteiger partial charge >= 0.3 is 0 Å². The average Bonchev–Trinajstić information content (AvgIpc) is 3.27. The highest BCUT2D eigenvalue weighted by molar-refractivity contribution is 7.14. The Balaban J connectivity index is 1.62. The van der Waals surface area contributed by atoms with Gasteiger partial charge in [-0.15, -0.1) is 11.3 Å². The number of amides is 1. The molecule has 3 heterocycles. The van der Waals surface area contributed by atoms with E-state index in [9.17, 15) is 4.79 Å². The summed E-state index contributed by atoms with van der Waals surface area (Å²) in [5.74, 6) is -0.0236. The van der Waals surface area contributed by atoms with E-state index in [0.717, 1.165) is 21.8 Å². The van der Waals surface area contributed by atoms with Gasteiger partial charge in [0.1, 0.15) is 22.4 Å². The summed E-state index contributed by atoms with van der Waals surface area (Å²) in [6.07, 6.45) is 4.12. The quantitative estimate of drug-likeness (QED) is 0.491. The molecule has 0 spiro atoms. The molecule has 0 bridgehead atoms. The molecule has 1 aromatic carbocycles. The molecule has 0 saturated heterocycles. The molecule has 1 amide bonds. The van der Waals surface area contributed by atoms with Gasteiger partial charge in [-0.1, -0.05) is 35.9 Å². The van der Waals surface area contributed by atoms with Crippen molar-refractivity contribution in [3.05, 3.63) is 87.0 Å². The SMILES string of the molecule is CC(Oc1cc(Cc2cnc3ccccn23)sc1C(N)=O)c1ccccc1Cl. The van der Waals surface area contributed by atoms with Crippen LogP contribution in [0.3, 0.4) is 0 Å². The number of fused-ring (bicyclic) bond motifs is 1. The second kappa shape index (κ2) is 7.66. The summed E-state index contributed by atoms with van der Waals surface area (Å²) in [4.78, 5) is 17.7. The van der Waals surface area contributed by atoms with Crippen molar-refractivity contribution in [2.75, 3.05) is 0 Å². The van der Waals surface area contributed by atoms with Crippen molar-refractivity contribution < 1.29 is 9.53 Å². The van der Waals surface area contributed by atoms with Crippen molar-refractivity contribution in [2.45, 2.75) is 19.4 Å². The van der Waals surface area contributed by atoms with Crippen LogP contribution in [0.2, 0.25) is 5.02 Å². The highest BCUT2D eigenvalue weighted by Crippen LogP contribution is 2.35. The molecule has 2 N–H and O–H groups in total. The Labute approximate surface area is 171 Å². The van der Waals surface area contributed by atoms with E-state index in [0.29, 0.717) is 22.1 Å². The maximum atomic E-state index is 11.9. The topological polar surface area (TPSA) is 69.6 Å². The van der Waals surface area contributed by atoms with Gasteiger partial charge < -0.3 is 14.9 Å². The van der Waals surface area contributed by atoms with Gasteiger partial charge in [0, 0.05) is 40.0 Å². The molecule has 0 radical (unpaired) electrons. The Morgan fingerprint density at radius 3 is 2.86 bits per heavy atom. The summed E-state index contributed by atoms with van der Waals surface area (Å²) in [6.45, 7) is 1.90. The molecule has 142 valence electrons. The van der Waals surface area contributed by atoms with Gasteiger partial charge in [-0.05, 0) is 31.2 Å². The number of ether oxygens (including phenoxy) is 1. The molecule has 5 nitrogen and oxygen atoms in total. The molecule has 1 unspecified atom stereocenters. The number of carbonyl (C=O) groups excluding carboxylic acids is 1. The Kier molecular flexibility index (Phi) is 5.07. The number of halogens is 1. The third-order valence-electron chi connectivity index (χ3n) is 4.47. The fraction of sp³-hybridized carbons (Fsp3) is 0.143. The maximum absolute atomic E-state index is 11.9. The summed E-state index contributed by atoms with van der Waals surface area (Å²) in [5.41, 5.74) is 8.35. The Hall–Kier alpha value is -2.83. The molecule has 0 aliphatic heterocycles. The van der Waals surface area contributed by atoms with E-state index in [1.165, 1.54) is 11.3 Å². The number of rotatable bonds is 6. The Bertz CT molecular complexity index is 1150. The van der Waals surface area contributed by atoms with Crippen LogP contribution >= 0.6 is 22.9 Å². The molecule has 28 heavy (non-hydrogen) atoms. The number of benzene rings is 1. The lowest BCUT2D eigenvalue weighted by molar-refractivity contribution is 0.0998. The summed E-state index contributed by atoms with van der Waals surface area (Å²) < 4.78 is 8.09. The van der Waals surface area contributed by atoms with Crippen molar-refractivity contribution in [3.63, 3.8) is 0 Å². The summed E-state index contributed by atoms with van der Waals surface area (Å²) >= 11 is 7.61. The third kappa shape index (κ3) is 3.61. The van der Waals surface area contributed by atoms with Gasteiger partial charge in [0.15, 0.2) is 0 Å². The number of hydrogen-bond acceptors (Lipinski definition) is 4. The van der Waals surface area contributed by atoms with Crippen LogP contribution in [0.4, 0.5) is 0 Å². The first-order chi connectivity index (χ1) is 13.5. The molecule has 0 aliphatic rings. The molecular weight excluding hydrogens is 394 g/mol. The molecule has 4 aromatic rings. The van der Waals surface area contributed by atoms with E-state index in [-0.39, 0.29) is 6.10 Å². The predicted octanol–water partition coefficient (Wildman–Crippen LogP) is 4.88. The number of aromatic nitrogens is 2. The molecule has 0 aliphatic carbocycles. The van der Waals surface area contributed by atoms with Crippen molar-refractivity contribution in [3.8, 4) is 5.75 Å². The van der Waals surface area contributed by atoms with Gasteiger partial charge in [-0.3, -0.25) is 4.79 Å². The Morgan fingerprint density at radius 1 is 1.29 bits per heavy atom. The molecule has 1 atom stereocenters. The maximum Gasteiger partial charge on any atom is 0.262 e. The number of imidazole rings is 1. The first-order valence-electron chi connectivity index (χ1n) is 8.77. The third-order valence-corrected chi connectivity index (χ3v) is 5.94. The zero-order valence-electron chi connectivity index (χ0n) is 15.1. The zero-order valence-corrected chi connectivity index (χ0v) is 16.7. The smallest absolute Gasteiger partial charge is 0.262 e. The number of pyridine rings is 1. The van der Waals surface area contributed by atoms with Crippen LogP contribution < -0.4 is 10.5 Å². The standard InChI is InChI=1S/C21H18ClN3O2S/c1-13(16-6-2-3-7-17(16)22)27-18-11-15(28-20(18)21(23)26)10-14-12-24-19-8-4-5-9-25(14)19/h2-9,11-13H,10H2,1H3,(H2,23,26). The van der Waals surface area contributed by atoms with E-state index in [1.807, 2.05) is 72.2 Å². The van der Waals surface area contributed by atoms with Crippen molar-refractivity contribution in [2.24, 2.45) is 5.73 Å². The highest BCUT2D eigenvalue weighted by atomic mass is 35.5. The molecule has 0 fully saturated rings. The minimum atomic E-state index is -0.504. The summed E-state index contributed by atoms with van der Waals surface area (Å²) in [5, 5.41) is 0.622. The monoisotopic (exact) mass is 411 g/mol. The van der Waals surface area contributed by atoms with Crippen molar-refractivity contribution >= 4 is 34.5 Å². The zero-order chi connectivity index (χ0) is 19.7. The summed E-state index contributed by atoms with van der Waals surface area (Å²) in [7, 11) is 0. The van der Waals surface area contributed by atoms with Crippen LogP contribution in [0.1, 0.15) is 38.8 Å². The van der Waals surface area contributed by atoms with Crippen molar-refractivity contribution in [1.82, 2.24) is 9.38 Å². The Morgan fingerprint density at radius 2 is 2.07 bits per heavy atom. The second-order valence-corrected chi connectivity index (χ2v) is 7.95. The average molecular weight is 412 g/mol. The summed E-state index contributed by atoms with van der Waals surface area (Å²) in [6, 6.07) is 15.2. The van der Waals surface area contributed by atoms with E-state index in [1.54, 1.807) is 0 Å². The molecule has 3 aromatic heterocycles. The number of carbonyl (C=O) groups is 1. The van der Waals surface area contributed by atoms with E-state index >= 15 is 0 Å². The molecule has 7 heteroatoms. The number of thiophene rings is 1. The fourth-order valence-corrected chi connectivity index (χ4v) is 4.37. The van der Waals surface area contributed by atoms with Gasteiger partial charge in [-0.25, -0.2) is 4.98 Å². The van der Waals surface area contributed by atoms with E-state index in [4.69, 9.17) is 22.1 Å². The number of nitrogens with two attached hydrogens (primary N) is 1. The first kappa shape index (κ1) is 18.5. The van der Waals surface area contributed by atoms with Gasteiger partial charge in [0.05, 0.1) is 0 Å². The van der Waals surface area contributed by atoms with Gasteiger partial charge in [-0.2, -0.15) is 0 Å². The molecular formula is C21H18ClN3O2S. The van der Waals surface area contributed by atoms with E-state index in [2.05, 4.69) is 4.98 Å². The predicted molar refractivity (Wildman–Crippen MR) is 111 cm³/mol. The lowest BCUT2D eigenvalue weighted by atomic mass is 10.1. The lowest BCUT2D eigenvalue weighted by Crippen LogP contribution is -2.12. The van der Waals surface area contributed by atoms with Crippen LogP contribution in [0.15, 0.2) is 60.9 Å². The lowest BCUT2D eigenvalue weighted by Gasteiger charge is -2.16. The molecule has 0 saturated carbocycles. The minimum Gasteiger partial charge on any atom is -0.484 e.